The predicted octanol–water partition coefficient (Wildman–Crippen LogP) is 2.22. The molecule has 3 rings (SSSR count). The van der Waals surface area contributed by atoms with Crippen LogP contribution in [-0.4, -0.2) is 20.8 Å². The van der Waals surface area contributed by atoms with E-state index in [0.717, 1.165) is 11.3 Å². The van der Waals surface area contributed by atoms with Gasteiger partial charge in [-0.15, -0.1) is 11.8 Å². The minimum atomic E-state index is -0.769. The summed E-state index contributed by atoms with van der Waals surface area (Å²) in [6, 6.07) is 5.25. The number of carboxylic acids is 1. The number of thioether (sulfide) groups is 1. The monoisotopic (exact) mass is 265 g/mol. The molecular formula is C12H11NO4S. The number of aromatic nitrogens is 1. The Morgan fingerprint density at radius 3 is 2.83 bits per heavy atom. The summed E-state index contributed by atoms with van der Waals surface area (Å²) in [4.78, 5) is 25.7. The number of aromatic amines is 1. The number of benzene rings is 1. The van der Waals surface area contributed by atoms with Gasteiger partial charge in [-0.3, -0.25) is 9.78 Å². The van der Waals surface area contributed by atoms with Crippen molar-refractivity contribution in [3.63, 3.8) is 0 Å². The molecule has 18 heavy (non-hydrogen) atoms. The molecule has 0 amide bonds. The zero-order valence-corrected chi connectivity index (χ0v) is 10.3. The maximum Gasteiger partial charge on any atom is 0.417 e. The average Bonchev–Trinajstić information content (AvgIpc) is 2.62. The molecule has 0 aliphatic heterocycles. The number of hydrogen-bond donors (Lipinski definition) is 2. The van der Waals surface area contributed by atoms with Crippen molar-refractivity contribution in [3.8, 4) is 0 Å². The number of carbonyl (C=O) groups is 1. The van der Waals surface area contributed by atoms with Gasteiger partial charge in [0.25, 0.3) is 0 Å². The van der Waals surface area contributed by atoms with Crippen molar-refractivity contribution < 1.29 is 14.3 Å². The normalized spacial score (nSPS) is 17.6. The average molecular weight is 265 g/mol. The van der Waals surface area contributed by atoms with E-state index in [1.54, 1.807) is 12.1 Å². The fourth-order valence-corrected chi connectivity index (χ4v) is 3.41. The molecule has 0 radical (unpaired) electrons. The van der Waals surface area contributed by atoms with Gasteiger partial charge in [0.2, 0.25) is 0 Å². The first kappa shape index (κ1) is 11.4. The van der Waals surface area contributed by atoms with Crippen molar-refractivity contribution in [2.45, 2.75) is 28.9 Å². The molecule has 0 spiro atoms. The largest absolute Gasteiger partial charge is 0.480 e. The minimum Gasteiger partial charge on any atom is -0.480 e. The third kappa shape index (κ3) is 1.73. The quantitative estimate of drug-likeness (QED) is 0.889. The number of oxazole rings is 1. The first-order valence-corrected chi connectivity index (χ1v) is 6.46. The van der Waals surface area contributed by atoms with Gasteiger partial charge in [-0.05, 0) is 37.5 Å². The molecule has 1 heterocycles. The molecule has 0 atom stereocenters. The number of carboxylic acid groups (broad SMARTS) is 1. The van der Waals surface area contributed by atoms with Crippen LogP contribution in [0.3, 0.4) is 0 Å². The van der Waals surface area contributed by atoms with Crippen LogP contribution in [0.2, 0.25) is 0 Å². The summed E-state index contributed by atoms with van der Waals surface area (Å²) >= 11 is 1.33. The van der Waals surface area contributed by atoms with E-state index in [2.05, 4.69) is 4.98 Å². The molecular weight excluding hydrogens is 254 g/mol. The predicted molar refractivity (Wildman–Crippen MR) is 66.9 cm³/mol. The van der Waals surface area contributed by atoms with Crippen LogP contribution >= 0.6 is 11.8 Å². The van der Waals surface area contributed by atoms with Crippen molar-refractivity contribution in [2.24, 2.45) is 0 Å². The highest BCUT2D eigenvalue weighted by molar-refractivity contribution is 8.01. The molecule has 1 aromatic heterocycles. The highest BCUT2D eigenvalue weighted by atomic mass is 32.2. The highest BCUT2D eigenvalue weighted by Gasteiger charge is 2.45. The van der Waals surface area contributed by atoms with Gasteiger partial charge >= 0.3 is 11.7 Å². The maximum absolute atomic E-state index is 11.3. The Kier molecular flexibility index (Phi) is 2.48. The van der Waals surface area contributed by atoms with Crippen LogP contribution in [0.1, 0.15) is 19.3 Å². The number of H-pyrrole nitrogens is 1. The third-order valence-electron chi connectivity index (χ3n) is 3.26. The molecule has 0 unspecified atom stereocenters. The molecule has 1 saturated carbocycles. The lowest BCUT2D eigenvalue weighted by Gasteiger charge is -2.36. The Bertz CT molecular complexity index is 668. The SMILES string of the molecule is O=C(O)C1(Sc2ccc3[nH]c(=O)oc3c2)CCC1. The molecule has 2 N–H and O–H groups in total. The molecule has 1 aliphatic carbocycles. The molecule has 1 aromatic carbocycles. The zero-order chi connectivity index (χ0) is 12.8. The van der Waals surface area contributed by atoms with Crippen LogP contribution in [0.25, 0.3) is 11.1 Å². The lowest BCUT2D eigenvalue weighted by molar-refractivity contribution is -0.142. The molecule has 94 valence electrons. The second-order valence-corrected chi connectivity index (χ2v) is 5.88. The van der Waals surface area contributed by atoms with E-state index >= 15 is 0 Å². The summed E-state index contributed by atoms with van der Waals surface area (Å²) < 4.78 is 4.26. The van der Waals surface area contributed by atoms with E-state index in [0.29, 0.717) is 23.9 Å². The number of nitrogens with one attached hydrogen (secondary N) is 1. The summed E-state index contributed by atoms with van der Waals surface area (Å²) in [6.07, 6.45) is 2.31. The van der Waals surface area contributed by atoms with E-state index in [1.807, 2.05) is 6.07 Å². The lowest BCUT2D eigenvalue weighted by Crippen LogP contribution is -2.41. The standard InChI is InChI=1S/C12H11NO4S/c14-10(15)12(4-1-5-12)18-7-2-3-8-9(6-7)17-11(16)13-8/h2-3,6H,1,4-5H2,(H,13,16)(H,14,15). The highest BCUT2D eigenvalue weighted by Crippen LogP contribution is 2.48. The summed E-state index contributed by atoms with van der Waals surface area (Å²) in [5.74, 6) is -1.27. The third-order valence-corrected chi connectivity index (χ3v) is 4.72. The van der Waals surface area contributed by atoms with Crippen LogP contribution in [0.5, 0.6) is 0 Å². The second kappa shape index (κ2) is 3.91. The van der Waals surface area contributed by atoms with Crippen LogP contribution in [-0.2, 0) is 4.79 Å². The molecule has 2 aromatic rings. The summed E-state index contributed by atoms with van der Waals surface area (Å²) in [5.41, 5.74) is 1.09. The van der Waals surface area contributed by atoms with E-state index in [1.165, 1.54) is 11.8 Å². The molecule has 1 fully saturated rings. The number of aliphatic carboxylic acids is 1. The van der Waals surface area contributed by atoms with Crippen molar-refractivity contribution >= 4 is 28.8 Å². The molecule has 0 saturated heterocycles. The van der Waals surface area contributed by atoms with Gasteiger partial charge in [-0.2, -0.15) is 0 Å². The van der Waals surface area contributed by atoms with Gasteiger partial charge in [0.15, 0.2) is 5.58 Å². The molecule has 0 bridgehead atoms. The topological polar surface area (TPSA) is 83.3 Å². The van der Waals surface area contributed by atoms with Gasteiger partial charge < -0.3 is 9.52 Å². The van der Waals surface area contributed by atoms with Crippen LogP contribution < -0.4 is 5.76 Å². The summed E-state index contributed by atoms with van der Waals surface area (Å²) in [5, 5.41) is 9.26. The van der Waals surface area contributed by atoms with Crippen LogP contribution in [0, 0.1) is 0 Å². The van der Waals surface area contributed by atoms with Gasteiger partial charge in [0.1, 0.15) is 4.75 Å². The number of fused-ring (bicyclic) bond motifs is 1. The van der Waals surface area contributed by atoms with E-state index in [9.17, 15) is 14.7 Å². The Labute approximate surface area is 106 Å². The first-order chi connectivity index (χ1) is 8.59. The van der Waals surface area contributed by atoms with Crippen molar-refractivity contribution in [1.82, 2.24) is 4.98 Å². The fourth-order valence-electron chi connectivity index (χ4n) is 2.07. The molecule has 1 aliphatic rings. The van der Waals surface area contributed by atoms with E-state index in [-0.39, 0.29) is 0 Å². The zero-order valence-electron chi connectivity index (χ0n) is 9.43. The van der Waals surface area contributed by atoms with E-state index < -0.39 is 16.5 Å². The first-order valence-electron chi connectivity index (χ1n) is 5.64. The van der Waals surface area contributed by atoms with Gasteiger partial charge in [-0.25, -0.2) is 4.79 Å². The smallest absolute Gasteiger partial charge is 0.417 e. The van der Waals surface area contributed by atoms with Gasteiger partial charge in [0.05, 0.1) is 5.52 Å². The van der Waals surface area contributed by atoms with E-state index in [4.69, 9.17) is 4.42 Å². The second-order valence-electron chi connectivity index (χ2n) is 4.43. The van der Waals surface area contributed by atoms with Gasteiger partial charge in [0, 0.05) is 4.90 Å². The maximum atomic E-state index is 11.3. The Morgan fingerprint density at radius 2 is 2.22 bits per heavy atom. The Balaban J connectivity index is 1.95. The minimum absolute atomic E-state index is 0.463. The summed E-state index contributed by atoms with van der Waals surface area (Å²) in [7, 11) is 0. The summed E-state index contributed by atoms with van der Waals surface area (Å²) in [6.45, 7) is 0. The lowest BCUT2D eigenvalue weighted by atomic mass is 9.84. The van der Waals surface area contributed by atoms with Crippen LogP contribution in [0.15, 0.2) is 32.3 Å². The molecule has 5 nitrogen and oxygen atoms in total. The van der Waals surface area contributed by atoms with Crippen molar-refractivity contribution in [2.75, 3.05) is 0 Å². The Hall–Kier alpha value is -1.69. The molecule has 6 heteroatoms. The fraction of sp³-hybridized carbons (Fsp3) is 0.333. The van der Waals surface area contributed by atoms with Crippen LogP contribution in [0.4, 0.5) is 0 Å². The van der Waals surface area contributed by atoms with Gasteiger partial charge in [-0.1, -0.05) is 0 Å². The number of rotatable bonds is 3. The Morgan fingerprint density at radius 1 is 1.44 bits per heavy atom. The van der Waals surface area contributed by atoms with Crippen molar-refractivity contribution in [3.05, 3.63) is 28.7 Å². The number of hydrogen-bond acceptors (Lipinski definition) is 4. The van der Waals surface area contributed by atoms with Crippen molar-refractivity contribution in [1.29, 1.82) is 0 Å².